The van der Waals surface area contributed by atoms with Crippen molar-refractivity contribution >= 4 is 21.8 Å². The summed E-state index contributed by atoms with van der Waals surface area (Å²) in [5.74, 6) is 2.93. The Balaban J connectivity index is 1.03. The molecule has 1 aliphatic heterocycles. The van der Waals surface area contributed by atoms with Gasteiger partial charge in [0.15, 0.2) is 5.82 Å². The molecule has 0 amide bonds. The van der Waals surface area contributed by atoms with E-state index in [0.717, 1.165) is 50.8 Å². The minimum Gasteiger partial charge on any atom is -0.457 e. The lowest BCUT2D eigenvalue weighted by Crippen LogP contribution is -2.37. The molecule has 2 aliphatic carbocycles. The van der Waals surface area contributed by atoms with Crippen LogP contribution in [0.2, 0.25) is 0 Å². The molecule has 3 aliphatic rings. The van der Waals surface area contributed by atoms with Crippen LogP contribution in [0.15, 0.2) is 200 Å². The number of rotatable bonds is 4. The van der Waals surface area contributed by atoms with E-state index < -0.39 is 5.41 Å². The number of nitrogens with zero attached hydrogens (tertiary/aromatic N) is 3. The van der Waals surface area contributed by atoms with Gasteiger partial charge in [0, 0.05) is 56.1 Å². The number of hydrogen-bond acceptors (Lipinski definition) is 3. The van der Waals surface area contributed by atoms with Crippen LogP contribution in [0.1, 0.15) is 28.2 Å². The van der Waals surface area contributed by atoms with Crippen molar-refractivity contribution in [3.63, 3.8) is 0 Å². The first kappa shape index (κ1) is 32.0. The highest BCUT2D eigenvalue weighted by molar-refractivity contribution is 6.09. The quantitative estimate of drug-likeness (QED) is 0.181. The topological polar surface area (TPSA) is 39.9 Å². The first-order valence-corrected chi connectivity index (χ1v) is 19.7. The Morgan fingerprint density at radius 2 is 1.09 bits per heavy atom. The van der Waals surface area contributed by atoms with Gasteiger partial charge in [0.05, 0.1) is 27.8 Å². The summed E-state index contributed by atoms with van der Waals surface area (Å²) in [4.78, 5) is 10.5. The molecule has 12 rings (SSSR count). The minimum absolute atomic E-state index is 0.188. The van der Waals surface area contributed by atoms with Crippen LogP contribution in [0.25, 0.3) is 61.4 Å². The molecular formula is C53H35N3O. The van der Waals surface area contributed by atoms with E-state index in [-0.39, 0.29) is 11.8 Å². The maximum absolute atomic E-state index is 6.75. The fourth-order valence-corrected chi connectivity index (χ4v) is 9.97. The van der Waals surface area contributed by atoms with E-state index in [1.54, 1.807) is 0 Å². The van der Waals surface area contributed by atoms with Gasteiger partial charge in [0.2, 0.25) is 0 Å². The van der Waals surface area contributed by atoms with Crippen molar-refractivity contribution in [1.82, 2.24) is 14.5 Å². The Bertz CT molecular complexity index is 3070. The van der Waals surface area contributed by atoms with Crippen molar-refractivity contribution in [2.75, 3.05) is 0 Å². The summed E-state index contributed by atoms with van der Waals surface area (Å²) >= 11 is 0. The number of hydrogen-bond donors (Lipinski definition) is 0. The van der Waals surface area contributed by atoms with Gasteiger partial charge in [-0.15, -0.1) is 0 Å². The summed E-state index contributed by atoms with van der Waals surface area (Å²) in [5, 5.41) is 2.50. The lowest BCUT2D eigenvalue weighted by molar-refractivity contribution is 0.374. The summed E-state index contributed by atoms with van der Waals surface area (Å²) in [6.45, 7) is 0. The SMILES string of the molecule is C1=CC2c3ccccc3C3(c4ccccc4Oc4ccc(-c5cc(-c6ccc(-n7c8ccccc8c8ccccc87)cc6)nc(-c6ccccc6)n5)cc43)C2C=C1. The van der Waals surface area contributed by atoms with Crippen LogP contribution in [-0.2, 0) is 5.41 Å². The second-order valence-corrected chi connectivity index (χ2v) is 15.3. The highest BCUT2D eigenvalue weighted by atomic mass is 16.5. The van der Waals surface area contributed by atoms with E-state index in [2.05, 4.69) is 187 Å². The molecule has 4 nitrogen and oxygen atoms in total. The number of aromatic nitrogens is 3. The maximum Gasteiger partial charge on any atom is 0.160 e. The first-order valence-electron chi connectivity index (χ1n) is 19.7. The van der Waals surface area contributed by atoms with Crippen molar-refractivity contribution in [3.8, 4) is 51.1 Å². The molecule has 3 unspecified atom stereocenters. The smallest absolute Gasteiger partial charge is 0.160 e. The molecule has 268 valence electrons. The van der Waals surface area contributed by atoms with E-state index in [0.29, 0.717) is 5.82 Å². The molecule has 7 aromatic carbocycles. The summed E-state index contributed by atoms with van der Waals surface area (Å²) in [6, 6.07) is 62.7. The van der Waals surface area contributed by atoms with Gasteiger partial charge in [-0.25, -0.2) is 9.97 Å². The van der Waals surface area contributed by atoms with Crippen molar-refractivity contribution in [1.29, 1.82) is 0 Å². The Morgan fingerprint density at radius 3 is 1.88 bits per heavy atom. The van der Waals surface area contributed by atoms with Crippen LogP contribution in [0.3, 0.4) is 0 Å². The predicted molar refractivity (Wildman–Crippen MR) is 230 cm³/mol. The van der Waals surface area contributed by atoms with Gasteiger partial charge >= 0.3 is 0 Å². The van der Waals surface area contributed by atoms with E-state index in [1.165, 1.54) is 38.5 Å². The molecule has 9 aromatic rings. The Morgan fingerprint density at radius 1 is 0.474 bits per heavy atom. The largest absolute Gasteiger partial charge is 0.457 e. The standard InChI is InChI=1S/C53H35N3O/c1-2-14-35(15-3-1)52-54-46(34-26-29-37(30-27-34)56-48-23-11-6-18-40(48)41-19-7-12-24-49(41)56)33-47(55-52)36-28-31-51-45(32-36)53(44-22-10-13-25-50(44)57-51)42-20-8-4-16-38(42)39-17-5-9-21-43(39)53/h1-33,38,42H. The van der Waals surface area contributed by atoms with Crippen molar-refractivity contribution in [2.24, 2.45) is 5.92 Å². The highest BCUT2D eigenvalue weighted by Crippen LogP contribution is 2.64. The van der Waals surface area contributed by atoms with Crippen molar-refractivity contribution < 1.29 is 4.74 Å². The monoisotopic (exact) mass is 729 g/mol. The van der Waals surface area contributed by atoms with Crippen LogP contribution >= 0.6 is 0 Å². The molecule has 0 N–H and O–H groups in total. The molecule has 3 heterocycles. The molecule has 0 saturated carbocycles. The third-order valence-corrected chi connectivity index (χ3v) is 12.4. The highest BCUT2D eigenvalue weighted by Gasteiger charge is 2.56. The van der Waals surface area contributed by atoms with E-state index in [9.17, 15) is 0 Å². The average Bonchev–Trinajstić information content (AvgIpc) is 3.78. The molecule has 3 atom stereocenters. The minimum atomic E-state index is -0.441. The van der Waals surface area contributed by atoms with Gasteiger partial charge in [0.25, 0.3) is 0 Å². The van der Waals surface area contributed by atoms with Gasteiger partial charge in [0.1, 0.15) is 11.5 Å². The Kier molecular flexibility index (Phi) is 6.93. The molecule has 0 fully saturated rings. The predicted octanol–water partition coefficient (Wildman–Crippen LogP) is 12.9. The third-order valence-electron chi connectivity index (χ3n) is 12.4. The van der Waals surface area contributed by atoms with Crippen LogP contribution in [0.5, 0.6) is 11.5 Å². The summed E-state index contributed by atoms with van der Waals surface area (Å²) < 4.78 is 9.10. The van der Waals surface area contributed by atoms with E-state index in [4.69, 9.17) is 14.7 Å². The number of benzene rings is 7. The van der Waals surface area contributed by atoms with Crippen LogP contribution < -0.4 is 4.74 Å². The number of fused-ring (bicyclic) bond motifs is 12. The molecule has 0 bridgehead atoms. The molecule has 1 spiro atoms. The maximum atomic E-state index is 6.75. The lowest BCUT2D eigenvalue weighted by Gasteiger charge is -2.43. The normalized spacial score (nSPS) is 18.6. The average molecular weight is 730 g/mol. The molecule has 4 heteroatoms. The zero-order valence-electron chi connectivity index (χ0n) is 31.0. The fraction of sp³-hybridized carbons (Fsp3) is 0.0566. The second-order valence-electron chi connectivity index (χ2n) is 15.3. The van der Waals surface area contributed by atoms with Gasteiger partial charge in [-0.05, 0) is 65.7 Å². The summed E-state index contributed by atoms with van der Waals surface area (Å²) in [7, 11) is 0. The lowest BCUT2D eigenvalue weighted by atomic mass is 9.61. The fourth-order valence-electron chi connectivity index (χ4n) is 9.97. The van der Waals surface area contributed by atoms with Gasteiger partial charge in [-0.2, -0.15) is 0 Å². The molecular weight excluding hydrogens is 695 g/mol. The molecule has 0 saturated heterocycles. The van der Waals surface area contributed by atoms with E-state index >= 15 is 0 Å². The van der Waals surface area contributed by atoms with Crippen molar-refractivity contribution in [3.05, 3.63) is 222 Å². The molecule has 0 radical (unpaired) electrons. The van der Waals surface area contributed by atoms with Crippen LogP contribution in [0.4, 0.5) is 0 Å². The van der Waals surface area contributed by atoms with Gasteiger partial charge in [-0.3, -0.25) is 0 Å². The number of para-hydroxylation sites is 3. The second kappa shape index (κ2) is 12.4. The third kappa shape index (κ3) is 4.68. The summed E-state index contributed by atoms with van der Waals surface area (Å²) in [5.41, 5.74) is 12.9. The van der Waals surface area contributed by atoms with Gasteiger partial charge in [-0.1, -0.05) is 146 Å². The zero-order valence-corrected chi connectivity index (χ0v) is 31.0. The van der Waals surface area contributed by atoms with Crippen LogP contribution in [-0.4, -0.2) is 14.5 Å². The van der Waals surface area contributed by atoms with Crippen LogP contribution in [0, 0.1) is 5.92 Å². The van der Waals surface area contributed by atoms with E-state index in [1.807, 2.05) is 18.2 Å². The number of allylic oxidation sites excluding steroid dienone is 4. The van der Waals surface area contributed by atoms with Crippen molar-refractivity contribution in [2.45, 2.75) is 11.3 Å². The van der Waals surface area contributed by atoms with Gasteiger partial charge < -0.3 is 9.30 Å². The molecule has 2 aromatic heterocycles. The zero-order chi connectivity index (χ0) is 37.5. The first-order chi connectivity index (χ1) is 28.3. The Labute approximate surface area is 330 Å². The number of ether oxygens (including phenoxy) is 1. The molecule has 57 heavy (non-hydrogen) atoms. The Hall–Kier alpha value is -7.30. The summed E-state index contributed by atoms with van der Waals surface area (Å²) in [6.07, 6.45) is 9.19.